The predicted molar refractivity (Wildman–Crippen MR) is 243 cm³/mol. The van der Waals surface area contributed by atoms with Gasteiger partial charge >= 0.3 is 0 Å². The van der Waals surface area contributed by atoms with Crippen LogP contribution in [0, 0.1) is 0 Å². The van der Waals surface area contributed by atoms with E-state index in [-0.39, 0.29) is 5.41 Å². The maximum absolute atomic E-state index is 2.45. The smallest absolute Gasteiger partial charge is 0.0553 e. The maximum Gasteiger partial charge on any atom is 0.0553 e. The summed E-state index contributed by atoms with van der Waals surface area (Å²) in [6, 6.07) is 70.8. The maximum atomic E-state index is 2.45. The van der Waals surface area contributed by atoms with Crippen molar-refractivity contribution in [3.8, 4) is 27.9 Å². The molecule has 1 heterocycles. The number of rotatable bonds is 7. The number of fused-ring (bicyclic) bond motifs is 3. The molecule has 0 spiro atoms. The molecule has 2 heteroatoms. The molecule has 10 aromatic rings. The molecular formula is C55H40N2. The fourth-order valence-corrected chi connectivity index (χ4v) is 9.28. The van der Waals surface area contributed by atoms with Crippen molar-refractivity contribution in [2.45, 2.75) is 19.3 Å². The minimum Gasteiger partial charge on any atom is -0.311 e. The first-order valence-corrected chi connectivity index (χ1v) is 19.8. The van der Waals surface area contributed by atoms with Crippen molar-refractivity contribution >= 4 is 61.8 Å². The zero-order valence-corrected chi connectivity index (χ0v) is 32.0. The van der Waals surface area contributed by atoms with Crippen molar-refractivity contribution < 1.29 is 0 Å². The van der Waals surface area contributed by atoms with Crippen molar-refractivity contribution in [1.29, 1.82) is 0 Å². The molecule has 270 valence electrons. The van der Waals surface area contributed by atoms with Crippen molar-refractivity contribution in [3.63, 3.8) is 0 Å². The van der Waals surface area contributed by atoms with Crippen LogP contribution < -0.4 is 4.90 Å². The van der Waals surface area contributed by atoms with E-state index in [1.54, 1.807) is 0 Å². The third-order valence-electron chi connectivity index (χ3n) is 12.1. The Morgan fingerprint density at radius 1 is 0.421 bits per heavy atom. The average molecular weight is 729 g/mol. The third kappa shape index (κ3) is 5.40. The fourth-order valence-electron chi connectivity index (χ4n) is 9.28. The summed E-state index contributed by atoms with van der Waals surface area (Å²) in [7, 11) is 0. The fraction of sp³-hybridized carbons (Fsp3) is 0.0545. The van der Waals surface area contributed by atoms with E-state index in [0.717, 1.165) is 17.1 Å². The van der Waals surface area contributed by atoms with Crippen LogP contribution in [0.5, 0.6) is 0 Å². The molecule has 11 rings (SSSR count). The van der Waals surface area contributed by atoms with E-state index in [0.29, 0.717) is 0 Å². The Balaban J connectivity index is 0.917. The Kier molecular flexibility index (Phi) is 7.55. The van der Waals surface area contributed by atoms with Crippen LogP contribution in [0.25, 0.3) is 72.7 Å². The van der Waals surface area contributed by atoms with Gasteiger partial charge in [-0.1, -0.05) is 147 Å². The number of nitrogens with zero attached hydrogens (tertiary/aromatic N) is 2. The minimum atomic E-state index is -0.142. The standard InChI is InChI=1S/C55H40N2/c1-55(2)49-33-38(22-21-37-23-29-46(30-24-37)56(43-14-6-3-7-15-43)44-16-8-4-9-17-44)25-31-47(49)48-32-28-40(35-50(48)55)42-34-41-27-26-39-13-12-20-51-53(39)54(41)52(36-42)57(51)45-18-10-5-11-19-45/h3-36H,1-2H3/b22-21+. The summed E-state index contributed by atoms with van der Waals surface area (Å²) in [6.07, 6.45) is 4.47. The summed E-state index contributed by atoms with van der Waals surface area (Å²) < 4.78 is 2.44. The number of anilines is 3. The average Bonchev–Trinajstić information content (AvgIpc) is 3.72. The van der Waals surface area contributed by atoms with Gasteiger partial charge in [-0.3, -0.25) is 0 Å². The highest BCUT2D eigenvalue weighted by Crippen LogP contribution is 2.50. The molecule has 1 aromatic heterocycles. The quantitative estimate of drug-likeness (QED) is 0.117. The van der Waals surface area contributed by atoms with Crippen LogP contribution in [0.2, 0.25) is 0 Å². The Morgan fingerprint density at radius 3 is 1.72 bits per heavy atom. The molecule has 0 amide bonds. The van der Waals surface area contributed by atoms with Crippen molar-refractivity contribution in [2.24, 2.45) is 0 Å². The van der Waals surface area contributed by atoms with E-state index in [2.05, 4.69) is 230 Å². The monoisotopic (exact) mass is 728 g/mol. The zero-order chi connectivity index (χ0) is 38.1. The lowest BCUT2D eigenvalue weighted by molar-refractivity contribution is 0.660. The van der Waals surface area contributed by atoms with Crippen LogP contribution in [-0.2, 0) is 5.41 Å². The van der Waals surface area contributed by atoms with Gasteiger partial charge in [0.1, 0.15) is 0 Å². The predicted octanol–water partition coefficient (Wildman–Crippen LogP) is 15.0. The zero-order valence-electron chi connectivity index (χ0n) is 32.0. The first-order valence-electron chi connectivity index (χ1n) is 19.8. The van der Waals surface area contributed by atoms with Crippen LogP contribution in [0.1, 0.15) is 36.1 Å². The SMILES string of the molecule is CC1(C)c2cc(/C=C/c3ccc(N(c4ccccc4)c4ccccc4)cc3)ccc2-c2ccc(-c3cc4ccc5cccc6c5c4c(c3)n6-c3ccccc3)cc21. The summed E-state index contributed by atoms with van der Waals surface area (Å²) in [4.78, 5) is 2.30. The number of aromatic nitrogens is 1. The molecule has 9 aromatic carbocycles. The van der Waals surface area contributed by atoms with Gasteiger partial charge in [0.2, 0.25) is 0 Å². The lowest BCUT2D eigenvalue weighted by Gasteiger charge is -2.25. The summed E-state index contributed by atoms with van der Waals surface area (Å²) in [5.74, 6) is 0. The molecule has 0 bridgehead atoms. The van der Waals surface area contributed by atoms with Crippen molar-refractivity contribution in [2.75, 3.05) is 4.90 Å². The molecule has 1 aliphatic rings. The second kappa shape index (κ2) is 13.0. The number of hydrogen-bond donors (Lipinski definition) is 0. The molecule has 0 unspecified atom stereocenters. The molecule has 1 aliphatic carbocycles. The number of para-hydroxylation sites is 3. The van der Waals surface area contributed by atoms with Crippen molar-refractivity contribution in [1.82, 2.24) is 4.57 Å². The van der Waals surface area contributed by atoms with E-state index in [9.17, 15) is 0 Å². The summed E-state index contributed by atoms with van der Waals surface area (Å²) in [5, 5.41) is 5.23. The van der Waals surface area contributed by atoms with E-state index >= 15 is 0 Å². The second-order valence-corrected chi connectivity index (χ2v) is 15.8. The molecule has 0 saturated carbocycles. The molecule has 57 heavy (non-hydrogen) atoms. The van der Waals surface area contributed by atoms with Gasteiger partial charge in [-0.15, -0.1) is 0 Å². The Morgan fingerprint density at radius 2 is 1.00 bits per heavy atom. The number of benzene rings is 9. The molecule has 2 nitrogen and oxygen atoms in total. The van der Waals surface area contributed by atoms with Crippen molar-refractivity contribution in [3.05, 3.63) is 216 Å². The normalized spacial score (nSPS) is 13.2. The third-order valence-corrected chi connectivity index (χ3v) is 12.1. The Bertz CT molecular complexity index is 3080. The van der Waals surface area contributed by atoms with Gasteiger partial charge in [0.25, 0.3) is 0 Å². The summed E-state index contributed by atoms with van der Waals surface area (Å²) >= 11 is 0. The van der Waals surface area contributed by atoms with Crippen LogP contribution >= 0.6 is 0 Å². The molecule has 0 saturated heterocycles. The lowest BCUT2D eigenvalue weighted by Crippen LogP contribution is -2.15. The minimum absolute atomic E-state index is 0.142. The second-order valence-electron chi connectivity index (χ2n) is 15.8. The van der Waals surface area contributed by atoms with E-state index in [1.807, 2.05) is 0 Å². The van der Waals surface area contributed by atoms with Crippen LogP contribution in [-0.4, -0.2) is 4.57 Å². The van der Waals surface area contributed by atoms with Gasteiger partial charge in [-0.05, 0) is 128 Å². The molecule has 0 fully saturated rings. The number of hydrogen-bond acceptors (Lipinski definition) is 1. The van der Waals surface area contributed by atoms with Gasteiger partial charge in [0.15, 0.2) is 0 Å². The van der Waals surface area contributed by atoms with Crippen LogP contribution in [0.3, 0.4) is 0 Å². The summed E-state index contributed by atoms with van der Waals surface area (Å²) in [5.41, 5.74) is 17.2. The highest BCUT2D eigenvalue weighted by molar-refractivity contribution is 6.25. The van der Waals surface area contributed by atoms with Crippen LogP contribution in [0.15, 0.2) is 194 Å². The van der Waals surface area contributed by atoms with Gasteiger partial charge in [0, 0.05) is 38.9 Å². The van der Waals surface area contributed by atoms with Crippen LogP contribution in [0.4, 0.5) is 17.1 Å². The van der Waals surface area contributed by atoms with Gasteiger partial charge in [0.05, 0.1) is 11.0 Å². The van der Waals surface area contributed by atoms with E-state index < -0.39 is 0 Å². The van der Waals surface area contributed by atoms with E-state index in [4.69, 9.17) is 0 Å². The highest BCUT2D eigenvalue weighted by atomic mass is 15.1. The Labute approximate surface area is 333 Å². The largest absolute Gasteiger partial charge is 0.311 e. The molecule has 0 aliphatic heterocycles. The molecule has 0 N–H and O–H groups in total. The van der Waals surface area contributed by atoms with Gasteiger partial charge in [-0.25, -0.2) is 0 Å². The van der Waals surface area contributed by atoms with Gasteiger partial charge < -0.3 is 9.47 Å². The Hall–Kier alpha value is -7.16. The molecular weight excluding hydrogens is 689 g/mol. The van der Waals surface area contributed by atoms with Gasteiger partial charge in [-0.2, -0.15) is 0 Å². The topological polar surface area (TPSA) is 8.17 Å². The highest BCUT2D eigenvalue weighted by Gasteiger charge is 2.35. The lowest BCUT2D eigenvalue weighted by atomic mass is 9.81. The summed E-state index contributed by atoms with van der Waals surface area (Å²) in [6.45, 7) is 4.76. The molecule has 0 atom stereocenters. The van der Waals surface area contributed by atoms with E-state index in [1.165, 1.54) is 82.8 Å². The first kappa shape index (κ1) is 33.2. The molecule has 0 radical (unpaired) electrons. The first-order chi connectivity index (χ1) is 28.0.